The lowest BCUT2D eigenvalue weighted by Gasteiger charge is -2.17. The number of nitrogens with zero attached hydrogens (tertiary/aromatic N) is 1. The summed E-state index contributed by atoms with van der Waals surface area (Å²) in [5, 5.41) is 2.93. The van der Waals surface area contributed by atoms with E-state index in [1.54, 1.807) is 6.20 Å². The molecule has 104 valence electrons. The number of amides is 2. The Morgan fingerprint density at radius 3 is 2.90 bits per heavy atom. The molecule has 0 unspecified atom stereocenters. The fraction of sp³-hybridized carbons (Fsp3) is 0.333. The normalized spacial score (nSPS) is 22.0. The number of hydrogen-bond acceptors (Lipinski definition) is 2. The number of fused-ring (bicyclic) bond motifs is 1. The van der Waals surface area contributed by atoms with E-state index >= 15 is 0 Å². The van der Waals surface area contributed by atoms with Crippen LogP contribution >= 0.6 is 0 Å². The zero-order valence-corrected chi connectivity index (χ0v) is 11.1. The molecule has 1 aliphatic carbocycles. The van der Waals surface area contributed by atoms with E-state index in [9.17, 15) is 9.59 Å². The number of hydrogen-bond donors (Lipinski definition) is 2. The minimum absolute atomic E-state index is 0.136. The van der Waals surface area contributed by atoms with Gasteiger partial charge in [0.25, 0.3) is 5.91 Å². The van der Waals surface area contributed by atoms with Gasteiger partial charge in [-0.15, -0.1) is 0 Å². The number of carbonyl (C=O) groups is 2. The van der Waals surface area contributed by atoms with Crippen molar-refractivity contribution >= 4 is 17.3 Å². The van der Waals surface area contributed by atoms with Crippen molar-refractivity contribution in [2.75, 3.05) is 0 Å². The Morgan fingerprint density at radius 1 is 1.30 bits per heavy atom. The van der Waals surface area contributed by atoms with E-state index in [0.717, 1.165) is 24.8 Å². The standard InChI is InChI=1S/C15H17N3O2/c16-14(19)12-5-3-6-13(12)17-15(20)10-8-11-4-1-2-7-18(11)9-10/h1-2,4,7-9,12-13H,3,5-6H2,(H2,16,19)(H,17,20)/t12-,13+/m1/s1. The molecule has 5 nitrogen and oxygen atoms in total. The minimum Gasteiger partial charge on any atom is -0.369 e. The maximum absolute atomic E-state index is 12.3. The van der Waals surface area contributed by atoms with Gasteiger partial charge in [-0.1, -0.05) is 12.5 Å². The van der Waals surface area contributed by atoms with Crippen LogP contribution in [0.3, 0.4) is 0 Å². The highest BCUT2D eigenvalue weighted by Crippen LogP contribution is 2.25. The molecule has 1 fully saturated rings. The van der Waals surface area contributed by atoms with Crippen molar-refractivity contribution < 1.29 is 9.59 Å². The molecular formula is C15H17N3O2. The molecule has 20 heavy (non-hydrogen) atoms. The third kappa shape index (κ3) is 2.27. The van der Waals surface area contributed by atoms with Crippen molar-refractivity contribution in [3.8, 4) is 0 Å². The van der Waals surface area contributed by atoms with Crippen molar-refractivity contribution in [3.05, 3.63) is 42.2 Å². The van der Waals surface area contributed by atoms with Crippen LogP contribution in [-0.4, -0.2) is 22.3 Å². The van der Waals surface area contributed by atoms with Crippen molar-refractivity contribution in [1.82, 2.24) is 9.72 Å². The van der Waals surface area contributed by atoms with Gasteiger partial charge < -0.3 is 15.5 Å². The molecule has 0 radical (unpaired) electrons. The van der Waals surface area contributed by atoms with Gasteiger partial charge >= 0.3 is 0 Å². The summed E-state index contributed by atoms with van der Waals surface area (Å²) >= 11 is 0. The lowest BCUT2D eigenvalue weighted by atomic mass is 10.0. The summed E-state index contributed by atoms with van der Waals surface area (Å²) < 4.78 is 1.90. The molecule has 2 heterocycles. The second kappa shape index (κ2) is 5.00. The first-order valence-corrected chi connectivity index (χ1v) is 6.82. The van der Waals surface area contributed by atoms with Gasteiger partial charge in [-0.05, 0) is 31.0 Å². The van der Waals surface area contributed by atoms with Crippen LogP contribution in [0, 0.1) is 5.92 Å². The Labute approximate surface area is 116 Å². The molecule has 0 aromatic carbocycles. The first kappa shape index (κ1) is 12.7. The van der Waals surface area contributed by atoms with Gasteiger partial charge in [-0.3, -0.25) is 9.59 Å². The maximum atomic E-state index is 12.3. The topological polar surface area (TPSA) is 76.6 Å². The first-order chi connectivity index (χ1) is 9.65. The molecule has 0 bridgehead atoms. The number of nitrogens with one attached hydrogen (secondary N) is 1. The van der Waals surface area contributed by atoms with Gasteiger partial charge in [0.05, 0.1) is 11.5 Å². The van der Waals surface area contributed by atoms with Crippen molar-refractivity contribution in [2.45, 2.75) is 25.3 Å². The van der Waals surface area contributed by atoms with Gasteiger partial charge in [0.2, 0.25) is 5.91 Å². The van der Waals surface area contributed by atoms with E-state index in [4.69, 9.17) is 5.73 Å². The zero-order valence-electron chi connectivity index (χ0n) is 11.1. The smallest absolute Gasteiger partial charge is 0.253 e. The second-order valence-corrected chi connectivity index (χ2v) is 5.28. The second-order valence-electron chi connectivity index (χ2n) is 5.28. The minimum atomic E-state index is -0.324. The Morgan fingerprint density at radius 2 is 2.15 bits per heavy atom. The van der Waals surface area contributed by atoms with Crippen LogP contribution in [0.2, 0.25) is 0 Å². The molecule has 0 aliphatic heterocycles. The molecular weight excluding hydrogens is 254 g/mol. The van der Waals surface area contributed by atoms with Crippen LogP contribution in [0.1, 0.15) is 29.6 Å². The SMILES string of the molecule is NC(=O)[C@@H]1CCC[C@@H]1NC(=O)c1cc2ccccn2c1. The number of rotatable bonds is 3. The molecule has 1 aliphatic rings. The number of aromatic nitrogens is 1. The predicted octanol–water partition coefficient (Wildman–Crippen LogP) is 1.32. The third-order valence-electron chi connectivity index (χ3n) is 3.96. The number of nitrogens with two attached hydrogens (primary N) is 1. The average molecular weight is 271 g/mol. The maximum Gasteiger partial charge on any atom is 0.253 e. The van der Waals surface area contributed by atoms with Crippen LogP contribution in [-0.2, 0) is 4.79 Å². The summed E-state index contributed by atoms with van der Waals surface area (Å²) in [6.07, 6.45) is 6.19. The van der Waals surface area contributed by atoms with Gasteiger partial charge in [0.1, 0.15) is 0 Å². The van der Waals surface area contributed by atoms with E-state index in [0.29, 0.717) is 5.56 Å². The van der Waals surface area contributed by atoms with Crippen LogP contribution < -0.4 is 11.1 Å². The predicted molar refractivity (Wildman–Crippen MR) is 75.2 cm³/mol. The van der Waals surface area contributed by atoms with Crippen molar-refractivity contribution in [1.29, 1.82) is 0 Å². The Bertz CT molecular complexity index is 629. The van der Waals surface area contributed by atoms with Gasteiger partial charge in [0, 0.05) is 24.0 Å². The lowest BCUT2D eigenvalue weighted by Crippen LogP contribution is -2.42. The molecule has 2 aromatic rings. The first-order valence-electron chi connectivity index (χ1n) is 6.82. The quantitative estimate of drug-likeness (QED) is 0.883. The molecule has 3 rings (SSSR count). The van der Waals surface area contributed by atoms with Gasteiger partial charge in [-0.2, -0.15) is 0 Å². The summed E-state index contributed by atoms with van der Waals surface area (Å²) in [6.45, 7) is 0. The average Bonchev–Trinajstić information content (AvgIpc) is 3.03. The van der Waals surface area contributed by atoms with E-state index in [2.05, 4.69) is 5.32 Å². The van der Waals surface area contributed by atoms with E-state index in [1.165, 1.54) is 0 Å². The lowest BCUT2D eigenvalue weighted by molar-refractivity contribution is -0.122. The monoisotopic (exact) mass is 271 g/mol. The van der Waals surface area contributed by atoms with Crippen LogP contribution in [0.25, 0.3) is 5.52 Å². The highest BCUT2D eigenvalue weighted by molar-refractivity contribution is 5.96. The molecule has 3 N–H and O–H groups in total. The van der Waals surface area contributed by atoms with Crippen molar-refractivity contribution in [2.24, 2.45) is 11.7 Å². The Hall–Kier alpha value is -2.30. The number of primary amides is 1. The van der Waals surface area contributed by atoms with Gasteiger partial charge in [0.15, 0.2) is 0 Å². The largest absolute Gasteiger partial charge is 0.369 e. The summed E-state index contributed by atoms with van der Waals surface area (Å²) in [6, 6.07) is 7.48. The molecule has 0 saturated heterocycles. The van der Waals surface area contributed by atoms with Gasteiger partial charge in [-0.25, -0.2) is 0 Å². The van der Waals surface area contributed by atoms with Crippen LogP contribution in [0.5, 0.6) is 0 Å². The van der Waals surface area contributed by atoms with Crippen LogP contribution in [0.4, 0.5) is 0 Å². The summed E-state index contributed by atoms with van der Waals surface area (Å²) in [5.41, 5.74) is 6.94. The fourth-order valence-corrected chi connectivity index (χ4v) is 2.90. The highest BCUT2D eigenvalue weighted by Gasteiger charge is 2.32. The Balaban J connectivity index is 1.77. The zero-order chi connectivity index (χ0) is 14.1. The molecule has 2 amide bonds. The van der Waals surface area contributed by atoms with E-state index in [1.807, 2.05) is 34.9 Å². The molecule has 2 atom stereocenters. The third-order valence-corrected chi connectivity index (χ3v) is 3.96. The highest BCUT2D eigenvalue weighted by atomic mass is 16.2. The molecule has 2 aromatic heterocycles. The number of pyridine rings is 1. The Kier molecular flexibility index (Phi) is 3.18. The summed E-state index contributed by atoms with van der Waals surface area (Å²) in [5.74, 6) is -0.710. The molecule has 5 heteroatoms. The van der Waals surface area contributed by atoms with E-state index in [-0.39, 0.29) is 23.8 Å². The van der Waals surface area contributed by atoms with Crippen molar-refractivity contribution in [3.63, 3.8) is 0 Å². The fourth-order valence-electron chi connectivity index (χ4n) is 2.90. The van der Waals surface area contributed by atoms with E-state index < -0.39 is 0 Å². The van der Waals surface area contributed by atoms with Crippen LogP contribution in [0.15, 0.2) is 36.7 Å². The summed E-state index contributed by atoms with van der Waals surface area (Å²) in [4.78, 5) is 23.6. The summed E-state index contributed by atoms with van der Waals surface area (Å²) in [7, 11) is 0. The number of carbonyl (C=O) groups excluding carboxylic acids is 2. The molecule has 0 spiro atoms. The molecule has 1 saturated carbocycles.